The maximum Gasteiger partial charge on any atom is 0.0321 e. The van der Waals surface area contributed by atoms with E-state index in [9.17, 15) is 0 Å². The van der Waals surface area contributed by atoms with Gasteiger partial charge in [-0.2, -0.15) is 0 Å². The van der Waals surface area contributed by atoms with Gasteiger partial charge in [0.25, 0.3) is 0 Å². The summed E-state index contributed by atoms with van der Waals surface area (Å²) in [6.07, 6.45) is 21.6. The largest absolute Gasteiger partial charge is 0.0798 e. The van der Waals surface area contributed by atoms with E-state index in [-0.39, 0.29) is 5.41 Å². The topological polar surface area (TPSA) is 0 Å². The Labute approximate surface area is 86.7 Å². The molecule has 0 bridgehead atoms. The van der Waals surface area contributed by atoms with E-state index in [0.29, 0.717) is 0 Å². The predicted molar refractivity (Wildman–Crippen MR) is 60.8 cm³/mol. The lowest BCUT2D eigenvalue weighted by Crippen LogP contribution is -2.15. The van der Waals surface area contributed by atoms with Gasteiger partial charge in [0.1, 0.15) is 0 Å². The van der Waals surface area contributed by atoms with Crippen LogP contribution in [0, 0.1) is 11.5 Å². The van der Waals surface area contributed by atoms with Crippen molar-refractivity contribution in [3.63, 3.8) is 0 Å². The zero-order valence-electron chi connectivity index (χ0n) is 8.79. The van der Waals surface area contributed by atoms with Crippen LogP contribution in [0.15, 0.2) is 42.0 Å². The lowest BCUT2D eigenvalue weighted by atomic mass is 9.78. The average Bonchev–Trinajstić information content (AvgIpc) is 2.86. The number of hydrogen-bond acceptors (Lipinski definition) is 0. The van der Waals surface area contributed by atoms with Crippen LogP contribution in [0.4, 0.5) is 0 Å². The molecule has 0 amide bonds. The second kappa shape index (κ2) is 4.00. The van der Waals surface area contributed by atoms with Gasteiger partial charge >= 0.3 is 0 Å². The van der Waals surface area contributed by atoms with Gasteiger partial charge in [-0.05, 0) is 24.5 Å². The number of unbranched alkanes of at least 4 members (excludes halogenated alkanes) is 1. The van der Waals surface area contributed by atoms with Crippen molar-refractivity contribution in [2.45, 2.75) is 32.6 Å². The predicted octanol–water partition coefficient (Wildman–Crippen LogP) is 3.98. The van der Waals surface area contributed by atoms with Crippen molar-refractivity contribution in [3.05, 3.63) is 48.1 Å². The van der Waals surface area contributed by atoms with Crippen LogP contribution < -0.4 is 0 Å². The summed E-state index contributed by atoms with van der Waals surface area (Å²) >= 11 is 0. The zero-order valence-corrected chi connectivity index (χ0v) is 8.79. The molecule has 0 saturated heterocycles. The van der Waals surface area contributed by atoms with Crippen molar-refractivity contribution in [3.8, 4) is 0 Å². The fourth-order valence-electron chi connectivity index (χ4n) is 2.18. The summed E-state index contributed by atoms with van der Waals surface area (Å²) < 4.78 is 0. The molecule has 2 aliphatic rings. The Balaban J connectivity index is 2.18. The first kappa shape index (κ1) is 9.51. The molecule has 14 heavy (non-hydrogen) atoms. The van der Waals surface area contributed by atoms with E-state index in [1.54, 1.807) is 0 Å². The third-order valence-corrected chi connectivity index (χ3v) is 3.04. The lowest BCUT2D eigenvalue weighted by Gasteiger charge is -2.25. The first-order valence-electron chi connectivity index (χ1n) is 5.52. The van der Waals surface area contributed by atoms with E-state index in [1.807, 2.05) is 0 Å². The highest BCUT2D eigenvalue weighted by Gasteiger charge is 2.29. The van der Waals surface area contributed by atoms with Gasteiger partial charge < -0.3 is 0 Å². The summed E-state index contributed by atoms with van der Waals surface area (Å²) in [4.78, 5) is 0. The molecular formula is C14H17. The zero-order chi connectivity index (χ0) is 9.86. The van der Waals surface area contributed by atoms with Gasteiger partial charge in [-0.15, -0.1) is 0 Å². The molecule has 0 unspecified atom stereocenters. The van der Waals surface area contributed by atoms with E-state index < -0.39 is 0 Å². The summed E-state index contributed by atoms with van der Waals surface area (Å²) in [5.41, 5.74) is 1.55. The highest BCUT2D eigenvalue weighted by Crippen LogP contribution is 2.41. The summed E-state index contributed by atoms with van der Waals surface area (Å²) in [7, 11) is 0. The van der Waals surface area contributed by atoms with Crippen molar-refractivity contribution in [1.82, 2.24) is 0 Å². The van der Waals surface area contributed by atoms with E-state index >= 15 is 0 Å². The SMILES string of the molecule is CCCCC1(C2=[C]CC=C2)C=CC=C1. The number of hydrogen-bond donors (Lipinski definition) is 0. The molecule has 73 valence electrons. The second-order valence-corrected chi connectivity index (χ2v) is 4.06. The molecule has 0 N–H and O–H groups in total. The van der Waals surface area contributed by atoms with Gasteiger partial charge in [0, 0.05) is 5.41 Å². The van der Waals surface area contributed by atoms with E-state index in [4.69, 9.17) is 0 Å². The van der Waals surface area contributed by atoms with Gasteiger partial charge in [0.15, 0.2) is 0 Å². The van der Waals surface area contributed by atoms with Gasteiger partial charge in [-0.3, -0.25) is 0 Å². The molecule has 0 aromatic carbocycles. The second-order valence-electron chi connectivity index (χ2n) is 4.06. The molecule has 0 saturated carbocycles. The quantitative estimate of drug-likeness (QED) is 0.621. The molecular weight excluding hydrogens is 168 g/mol. The highest BCUT2D eigenvalue weighted by molar-refractivity contribution is 5.42. The van der Waals surface area contributed by atoms with Crippen molar-refractivity contribution in [1.29, 1.82) is 0 Å². The Morgan fingerprint density at radius 2 is 2.14 bits per heavy atom. The van der Waals surface area contributed by atoms with Crippen molar-refractivity contribution in [2.24, 2.45) is 5.41 Å². The third kappa shape index (κ3) is 1.61. The maximum atomic E-state index is 3.45. The van der Waals surface area contributed by atoms with Gasteiger partial charge in [-0.25, -0.2) is 0 Å². The van der Waals surface area contributed by atoms with Crippen LogP contribution in [0.3, 0.4) is 0 Å². The fourth-order valence-corrected chi connectivity index (χ4v) is 2.18. The fraction of sp³-hybridized carbons (Fsp3) is 0.429. The van der Waals surface area contributed by atoms with Crippen LogP contribution in [0.1, 0.15) is 32.6 Å². The molecule has 1 radical (unpaired) electrons. The molecule has 2 aliphatic carbocycles. The van der Waals surface area contributed by atoms with E-state index in [1.165, 1.54) is 24.8 Å². The summed E-state index contributed by atoms with van der Waals surface area (Å²) in [6.45, 7) is 2.25. The first-order chi connectivity index (χ1) is 6.87. The number of allylic oxidation sites excluding steroid dienone is 8. The molecule has 0 heteroatoms. The minimum absolute atomic E-state index is 0.184. The van der Waals surface area contributed by atoms with Gasteiger partial charge in [-0.1, -0.05) is 56.2 Å². The van der Waals surface area contributed by atoms with Gasteiger partial charge in [0.05, 0.1) is 0 Å². The molecule has 0 aliphatic heterocycles. The summed E-state index contributed by atoms with van der Waals surface area (Å²) in [5, 5.41) is 0. The Bertz CT molecular complexity index is 301. The molecule has 0 aromatic rings. The minimum atomic E-state index is 0.184. The van der Waals surface area contributed by atoms with Crippen LogP contribution in [0.5, 0.6) is 0 Å². The monoisotopic (exact) mass is 185 g/mol. The van der Waals surface area contributed by atoms with Crippen LogP contribution >= 0.6 is 0 Å². The standard InChI is InChI=1S/C14H17/c1-2-3-10-14(11-6-7-12-14)13-8-4-5-9-13/h4,6-8,11-12H,2-3,5,10H2,1H3. The smallest absolute Gasteiger partial charge is 0.0321 e. The molecule has 0 atom stereocenters. The number of rotatable bonds is 4. The maximum absolute atomic E-state index is 3.45. The average molecular weight is 185 g/mol. The molecule has 0 heterocycles. The third-order valence-electron chi connectivity index (χ3n) is 3.04. The molecule has 0 spiro atoms. The first-order valence-corrected chi connectivity index (χ1v) is 5.52. The molecule has 0 aromatic heterocycles. The minimum Gasteiger partial charge on any atom is -0.0798 e. The Hall–Kier alpha value is -1.04. The normalized spacial score (nSPS) is 21.9. The molecule has 0 fully saturated rings. The van der Waals surface area contributed by atoms with E-state index in [2.05, 4.69) is 49.5 Å². The van der Waals surface area contributed by atoms with Crippen molar-refractivity contribution < 1.29 is 0 Å². The Morgan fingerprint density at radius 1 is 1.36 bits per heavy atom. The van der Waals surface area contributed by atoms with Crippen LogP contribution in [0.2, 0.25) is 0 Å². The summed E-state index contributed by atoms with van der Waals surface area (Å²) in [6, 6.07) is 0. The molecule has 2 rings (SSSR count). The van der Waals surface area contributed by atoms with Crippen molar-refractivity contribution >= 4 is 0 Å². The van der Waals surface area contributed by atoms with Gasteiger partial charge in [0.2, 0.25) is 0 Å². The van der Waals surface area contributed by atoms with Crippen LogP contribution in [-0.2, 0) is 0 Å². The highest BCUT2D eigenvalue weighted by atomic mass is 14.3. The summed E-state index contributed by atoms with van der Waals surface area (Å²) in [5.74, 6) is 0. The van der Waals surface area contributed by atoms with E-state index in [0.717, 1.165) is 6.42 Å². The molecule has 0 nitrogen and oxygen atoms in total. The van der Waals surface area contributed by atoms with Crippen LogP contribution in [-0.4, -0.2) is 0 Å². The lowest BCUT2D eigenvalue weighted by molar-refractivity contribution is 0.515. The van der Waals surface area contributed by atoms with Crippen LogP contribution in [0.25, 0.3) is 0 Å². The Morgan fingerprint density at radius 3 is 2.71 bits per heavy atom. The Kier molecular flexibility index (Phi) is 2.72. The van der Waals surface area contributed by atoms with Crippen molar-refractivity contribution in [2.75, 3.05) is 0 Å².